The second-order valence-electron chi connectivity index (χ2n) is 33.7. The Bertz CT molecular complexity index is 6950. The van der Waals surface area contributed by atoms with Crippen LogP contribution < -0.4 is 5.46 Å². The Morgan fingerprint density at radius 3 is 1.07 bits per heavy atom. The number of nitrogens with zero attached hydrogens (tertiary/aromatic N) is 6. The van der Waals surface area contributed by atoms with Crippen LogP contribution in [-0.4, -0.2) is 48.2 Å². The van der Waals surface area contributed by atoms with Gasteiger partial charge in [0.1, 0.15) is 22.3 Å². The van der Waals surface area contributed by atoms with Gasteiger partial charge in [0.2, 0.25) is 0 Å². The van der Waals surface area contributed by atoms with Gasteiger partial charge in [0.25, 0.3) is 0 Å². The van der Waals surface area contributed by atoms with Crippen LogP contribution in [0.25, 0.3) is 168 Å². The summed E-state index contributed by atoms with van der Waals surface area (Å²) >= 11 is 6.31. The van der Waals surface area contributed by atoms with Gasteiger partial charge in [0, 0.05) is 70.8 Å². The van der Waals surface area contributed by atoms with Gasteiger partial charge >= 0.3 is 7.12 Å². The van der Waals surface area contributed by atoms with Crippen LogP contribution in [0.3, 0.4) is 0 Å². The van der Waals surface area contributed by atoms with Gasteiger partial charge in [-0.05, 0) is 210 Å². The molecule has 0 atom stereocenters. The number of aromatic nitrogens is 6. The molecule has 12 heteroatoms. The lowest BCUT2D eigenvalue weighted by molar-refractivity contribution is 0.00578. The lowest BCUT2D eigenvalue weighted by Crippen LogP contribution is -2.41. The topological polar surface area (TPSA) is 122 Å². The summed E-state index contributed by atoms with van der Waals surface area (Å²) in [5, 5.41) is 4.83. The average Bonchev–Trinajstić information content (AvgIpc) is 1.56. The number of halogens is 1. The quantitative estimate of drug-likeness (QED) is 0.122. The summed E-state index contributed by atoms with van der Waals surface area (Å²) in [5.74, 6) is 3.65. The molecule has 14 aromatic carbocycles. The van der Waals surface area contributed by atoms with Gasteiger partial charge in [-0.1, -0.05) is 305 Å². The fraction of sp³-hybridized carbons (Fsp3) is 0.167. The summed E-state index contributed by atoms with van der Waals surface area (Å²) in [5.41, 5.74) is 28.3. The number of hydrogen-bond donors (Lipinski definition) is 0. The molecule has 4 aliphatic carbocycles. The third-order valence-corrected chi connectivity index (χ3v) is 26.3. The minimum absolute atomic E-state index is 0.104. The van der Waals surface area contributed by atoms with E-state index in [-0.39, 0.29) is 29.2 Å². The minimum Gasteiger partial charge on any atom is -0.456 e. The van der Waals surface area contributed by atoms with Crippen LogP contribution in [-0.2, 0) is 20.1 Å². The van der Waals surface area contributed by atoms with E-state index in [0.29, 0.717) is 40.0 Å². The van der Waals surface area contributed by atoms with Crippen LogP contribution >= 0.6 is 11.6 Å². The van der Waals surface area contributed by atoms with E-state index in [0.717, 1.165) is 105 Å². The SMILES string of the molecule is CC1(C)OB(c2ccc3c(c2)C2(CCCCC2)c2ccccc2-3)OC1(C)C.Clc1cccc(-c2nc(-c3ccc(-c4ccccc4)cc3)nc(-c3ccc4oc5ccccc5c4c3)n2)c1.c1ccc(-c2ccc(-c3nc(-c4cccc(-c5ccc6c(c5)C5(CCCCC5)c5ccccc5-6)c4)nc(-c4ccc5oc6ccccc6c5c4)n3)cc2)cc1. The molecule has 5 aliphatic rings. The second-order valence-corrected chi connectivity index (χ2v) is 34.2. The van der Waals surface area contributed by atoms with E-state index in [1.165, 1.54) is 120 Å². The molecule has 0 N–H and O–H groups in total. The molecule has 0 radical (unpaired) electrons. The Morgan fingerprint density at radius 2 is 0.583 bits per heavy atom. The maximum Gasteiger partial charge on any atom is 0.494 e. The zero-order valence-corrected chi connectivity index (χ0v) is 68.3. The van der Waals surface area contributed by atoms with Crippen molar-refractivity contribution in [3.8, 4) is 124 Å². The highest BCUT2D eigenvalue weighted by atomic mass is 35.5. The van der Waals surface area contributed by atoms with Crippen molar-refractivity contribution in [3.63, 3.8) is 0 Å². The highest BCUT2D eigenvalue weighted by Crippen LogP contribution is 2.58. The predicted octanol–water partition coefficient (Wildman–Crippen LogP) is 27.6. The van der Waals surface area contributed by atoms with Crippen molar-refractivity contribution in [1.82, 2.24) is 29.9 Å². The van der Waals surface area contributed by atoms with Crippen molar-refractivity contribution in [2.45, 2.75) is 114 Å². The van der Waals surface area contributed by atoms with Gasteiger partial charge in [-0.25, -0.2) is 29.9 Å². The summed E-state index contributed by atoms with van der Waals surface area (Å²) in [4.78, 5) is 30.1. The van der Waals surface area contributed by atoms with E-state index in [1.54, 1.807) is 0 Å². The van der Waals surface area contributed by atoms with Gasteiger partial charge in [-0.2, -0.15) is 0 Å². The summed E-state index contributed by atoms with van der Waals surface area (Å²) in [6.45, 7) is 8.50. The number of furan rings is 2. The minimum atomic E-state index is -0.303. The van der Waals surface area contributed by atoms with Crippen LogP contribution in [0.15, 0.2) is 336 Å². The van der Waals surface area contributed by atoms with Crippen LogP contribution in [0.2, 0.25) is 5.02 Å². The van der Waals surface area contributed by atoms with E-state index >= 15 is 0 Å². The Kier molecular flexibility index (Phi) is 18.9. The number of benzene rings is 14. The fourth-order valence-electron chi connectivity index (χ4n) is 19.2. The molecule has 0 unspecified atom stereocenters. The molecular formula is C108H86BClN6O4. The maximum absolute atomic E-state index is 6.34. The van der Waals surface area contributed by atoms with Gasteiger partial charge < -0.3 is 18.1 Å². The highest BCUT2D eigenvalue weighted by Gasteiger charge is 2.53. The van der Waals surface area contributed by atoms with E-state index < -0.39 is 0 Å². The number of rotatable bonds is 10. The molecule has 0 amide bonds. The molecule has 582 valence electrons. The van der Waals surface area contributed by atoms with Crippen molar-refractivity contribution in [3.05, 3.63) is 355 Å². The van der Waals surface area contributed by atoms with Crippen molar-refractivity contribution in [1.29, 1.82) is 0 Å². The third-order valence-electron chi connectivity index (χ3n) is 26.1. The molecule has 1 saturated heterocycles. The predicted molar refractivity (Wildman–Crippen MR) is 489 cm³/mol. The monoisotopic (exact) mass is 1580 g/mol. The Labute approximate surface area is 704 Å². The van der Waals surface area contributed by atoms with Crippen LogP contribution in [0, 0.1) is 0 Å². The van der Waals surface area contributed by atoms with E-state index in [4.69, 9.17) is 59.6 Å². The molecule has 2 saturated carbocycles. The van der Waals surface area contributed by atoms with Gasteiger partial charge in [0.15, 0.2) is 34.9 Å². The Morgan fingerprint density at radius 1 is 0.250 bits per heavy atom. The van der Waals surface area contributed by atoms with Gasteiger partial charge in [-0.3, -0.25) is 0 Å². The first kappa shape index (κ1) is 74.5. The lowest BCUT2D eigenvalue weighted by Gasteiger charge is -2.36. The van der Waals surface area contributed by atoms with Crippen molar-refractivity contribution >= 4 is 68.1 Å². The molecule has 3 fully saturated rings. The second kappa shape index (κ2) is 30.4. The Balaban J connectivity index is 0.000000119. The van der Waals surface area contributed by atoms with Crippen LogP contribution in [0.1, 0.15) is 114 Å². The van der Waals surface area contributed by atoms with Crippen LogP contribution in [0.4, 0.5) is 0 Å². The molecule has 2 spiro atoms. The van der Waals surface area contributed by atoms with Gasteiger partial charge in [-0.15, -0.1) is 0 Å². The molecule has 120 heavy (non-hydrogen) atoms. The molecule has 18 aromatic rings. The Hall–Kier alpha value is -13.0. The molecule has 10 nitrogen and oxygen atoms in total. The first-order chi connectivity index (χ1) is 58.7. The zero-order chi connectivity index (χ0) is 80.7. The summed E-state index contributed by atoms with van der Waals surface area (Å²) in [6, 6.07) is 114. The molecule has 4 aromatic heterocycles. The van der Waals surface area contributed by atoms with E-state index in [9.17, 15) is 0 Å². The lowest BCUT2D eigenvalue weighted by atomic mass is 9.66. The largest absolute Gasteiger partial charge is 0.494 e. The molecular weight excluding hydrogens is 1490 g/mol. The fourth-order valence-corrected chi connectivity index (χ4v) is 19.4. The van der Waals surface area contributed by atoms with Crippen molar-refractivity contribution in [2.24, 2.45) is 0 Å². The maximum atomic E-state index is 6.34. The van der Waals surface area contributed by atoms with Crippen molar-refractivity contribution < 1.29 is 18.1 Å². The van der Waals surface area contributed by atoms with Gasteiger partial charge in [0.05, 0.1) is 11.2 Å². The molecule has 0 bridgehead atoms. The molecule has 5 heterocycles. The van der Waals surface area contributed by atoms with Crippen molar-refractivity contribution in [2.75, 3.05) is 0 Å². The number of fused-ring (bicyclic) bond motifs is 16. The number of hydrogen-bond acceptors (Lipinski definition) is 10. The first-order valence-electron chi connectivity index (χ1n) is 42.1. The van der Waals surface area contributed by atoms with E-state index in [1.807, 2.05) is 109 Å². The van der Waals surface area contributed by atoms with E-state index in [2.05, 4.69) is 246 Å². The summed E-state index contributed by atoms with van der Waals surface area (Å²) in [6.07, 6.45) is 12.8. The smallest absolute Gasteiger partial charge is 0.456 e. The average molecular weight is 1580 g/mol. The standard InChI is InChI=1S/C51H37N3O.C33H20ClN3O.C24H29BO2/c1-3-12-33(13-4-1)34-20-22-35(23-21-34)48-52-49(54-50(53-48)39-25-27-47-43(31-39)42-17-6-8-19-46(42)55-47)38-15-11-14-36(30-38)37-24-26-41-40-16-5-7-18-44(40)51(45(41)32-37)28-9-2-10-29-51;34-26-10-6-9-24(19-26)32-35-31(23-15-13-22(14-16-23)21-7-2-1-3-8-21)36-33(37-32)25-17-18-30-28(20-25)27-11-4-5-12-29(27)38-30;1-22(2)23(3,4)27-25(26-22)17-12-13-19-18-10-6-7-11-20(18)24(21(19)16-17)14-8-5-9-15-24/h1,3-8,11-27,30-32H,2,9-10,28-29H2;1-20H;6-7,10-13,16H,5,8-9,14-15H2,1-4H3. The van der Waals surface area contributed by atoms with Crippen LogP contribution in [0.5, 0.6) is 0 Å². The first-order valence-corrected chi connectivity index (χ1v) is 42.5. The molecule has 23 rings (SSSR count). The third kappa shape index (κ3) is 13.5. The summed E-state index contributed by atoms with van der Waals surface area (Å²) in [7, 11) is -0.287. The zero-order valence-electron chi connectivity index (χ0n) is 67.5. The number of para-hydroxylation sites is 2. The molecule has 1 aliphatic heterocycles. The highest BCUT2D eigenvalue weighted by molar-refractivity contribution is 6.62. The normalized spacial score (nSPS) is 15.6. The summed E-state index contributed by atoms with van der Waals surface area (Å²) < 4.78 is 24.9.